The largest absolute Gasteiger partial charge is 0.331 e. The number of carbonyl (C=O) groups excluding carboxylic acids is 2. The molecule has 0 aliphatic rings. The van der Waals surface area contributed by atoms with Gasteiger partial charge in [-0.25, -0.2) is 0 Å². The summed E-state index contributed by atoms with van der Waals surface area (Å²) >= 11 is 0. The SMILES string of the molecule is CCCCN(C(=O)Cn1nc(C)c2ccccc21)C(C=O)CCC. The Morgan fingerprint density at radius 2 is 2.04 bits per heavy atom. The van der Waals surface area contributed by atoms with Gasteiger partial charge in [0.2, 0.25) is 5.91 Å². The molecule has 0 saturated carbocycles. The van der Waals surface area contributed by atoms with E-state index in [2.05, 4.69) is 12.0 Å². The molecular weight excluding hydrogens is 302 g/mol. The number of unbranched alkanes of at least 4 members (excludes halogenated alkanes) is 1. The van der Waals surface area contributed by atoms with Gasteiger partial charge in [-0.3, -0.25) is 9.48 Å². The molecule has 130 valence electrons. The maximum absolute atomic E-state index is 12.9. The van der Waals surface area contributed by atoms with Gasteiger partial charge in [0.1, 0.15) is 12.8 Å². The molecule has 0 fully saturated rings. The third kappa shape index (κ3) is 4.02. The standard InChI is InChI=1S/C19H27N3O2/c1-4-6-12-21(16(14-23)9-5-2)19(24)13-22-18-11-8-7-10-17(18)15(3)20-22/h7-8,10-11,14,16H,4-6,9,12-13H2,1-3H3. The molecule has 2 aromatic rings. The van der Waals surface area contributed by atoms with E-state index in [1.54, 1.807) is 9.58 Å². The molecule has 24 heavy (non-hydrogen) atoms. The van der Waals surface area contributed by atoms with E-state index in [-0.39, 0.29) is 18.5 Å². The van der Waals surface area contributed by atoms with Crippen LogP contribution in [0.2, 0.25) is 0 Å². The Labute approximate surface area is 143 Å². The smallest absolute Gasteiger partial charge is 0.244 e. The lowest BCUT2D eigenvalue weighted by atomic mass is 10.1. The van der Waals surface area contributed by atoms with E-state index in [0.29, 0.717) is 13.0 Å². The van der Waals surface area contributed by atoms with Crippen LogP contribution >= 0.6 is 0 Å². The molecule has 0 radical (unpaired) electrons. The molecule has 1 atom stereocenters. The van der Waals surface area contributed by atoms with Crippen LogP contribution in [0.15, 0.2) is 24.3 Å². The van der Waals surface area contributed by atoms with Gasteiger partial charge in [-0.2, -0.15) is 5.10 Å². The maximum Gasteiger partial charge on any atom is 0.244 e. The molecule has 0 aliphatic heterocycles. The fourth-order valence-electron chi connectivity index (χ4n) is 3.03. The normalized spacial score (nSPS) is 12.3. The fraction of sp³-hybridized carbons (Fsp3) is 0.526. The summed E-state index contributed by atoms with van der Waals surface area (Å²) in [6.45, 7) is 6.86. The van der Waals surface area contributed by atoms with Crippen LogP contribution in [0.25, 0.3) is 10.9 Å². The van der Waals surface area contributed by atoms with Gasteiger partial charge in [-0.15, -0.1) is 0 Å². The zero-order valence-electron chi connectivity index (χ0n) is 14.9. The second-order valence-corrected chi connectivity index (χ2v) is 6.19. The number of hydrogen-bond donors (Lipinski definition) is 0. The number of nitrogens with zero attached hydrogens (tertiary/aromatic N) is 3. The summed E-state index contributed by atoms with van der Waals surface area (Å²) in [4.78, 5) is 26.0. The third-order valence-corrected chi connectivity index (χ3v) is 4.34. The van der Waals surface area contributed by atoms with Gasteiger partial charge in [-0.05, 0) is 25.8 Å². The van der Waals surface area contributed by atoms with Gasteiger partial charge in [-0.1, -0.05) is 44.9 Å². The Morgan fingerprint density at radius 3 is 2.71 bits per heavy atom. The predicted molar refractivity (Wildman–Crippen MR) is 95.9 cm³/mol. The summed E-state index contributed by atoms with van der Waals surface area (Å²) in [5, 5.41) is 5.57. The predicted octanol–water partition coefficient (Wildman–Crippen LogP) is 3.34. The molecule has 0 saturated heterocycles. The minimum absolute atomic E-state index is 0.0396. The summed E-state index contributed by atoms with van der Waals surface area (Å²) in [6, 6.07) is 7.57. The van der Waals surface area contributed by atoms with Crippen molar-refractivity contribution in [3.8, 4) is 0 Å². The van der Waals surface area contributed by atoms with Crippen LogP contribution in [0.4, 0.5) is 0 Å². The second kappa shape index (κ2) is 8.62. The summed E-state index contributed by atoms with van der Waals surface area (Å²) in [6.07, 6.45) is 4.38. The van der Waals surface area contributed by atoms with Crippen molar-refractivity contribution < 1.29 is 9.59 Å². The first-order valence-electron chi connectivity index (χ1n) is 8.79. The number of aryl methyl sites for hydroxylation is 1. The van der Waals surface area contributed by atoms with Crippen molar-refractivity contribution in [2.45, 2.75) is 59.0 Å². The molecule has 5 nitrogen and oxygen atoms in total. The minimum atomic E-state index is -0.336. The fourth-order valence-corrected chi connectivity index (χ4v) is 3.03. The average molecular weight is 329 g/mol. The number of fused-ring (bicyclic) bond motifs is 1. The van der Waals surface area contributed by atoms with E-state index in [4.69, 9.17) is 0 Å². The monoisotopic (exact) mass is 329 g/mol. The zero-order chi connectivity index (χ0) is 17.5. The zero-order valence-corrected chi connectivity index (χ0v) is 14.9. The van der Waals surface area contributed by atoms with E-state index in [1.165, 1.54) is 0 Å². The molecule has 1 aromatic carbocycles. The number of aldehydes is 1. The van der Waals surface area contributed by atoms with Gasteiger partial charge < -0.3 is 9.69 Å². The quantitative estimate of drug-likeness (QED) is 0.663. The van der Waals surface area contributed by atoms with Crippen LogP contribution in [-0.2, 0) is 16.1 Å². The average Bonchev–Trinajstić information content (AvgIpc) is 2.90. The lowest BCUT2D eigenvalue weighted by Gasteiger charge is -2.28. The lowest BCUT2D eigenvalue weighted by molar-refractivity contribution is -0.137. The molecule has 0 spiro atoms. The van der Waals surface area contributed by atoms with E-state index in [1.807, 2.05) is 38.1 Å². The maximum atomic E-state index is 12.9. The summed E-state index contributed by atoms with van der Waals surface area (Å²) in [7, 11) is 0. The van der Waals surface area contributed by atoms with E-state index < -0.39 is 0 Å². The molecule has 1 unspecified atom stereocenters. The first kappa shape index (κ1) is 18.2. The van der Waals surface area contributed by atoms with Crippen molar-refractivity contribution in [3.05, 3.63) is 30.0 Å². The van der Waals surface area contributed by atoms with Crippen LogP contribution in [0.3, 0.4) is 0 Å². The first-order valence-corrected chi connectivity index (χ1v) is 8.79. The van der Waals surface area contributed by atoms with Crippen LogP contribution in [0.1, 0.15) is 45.2 Å². The molecular formula is C19H27N3O2. The second-order valence-electron chi connectivity index (χ2n) is 6.19. The highest BCUT2D eigenvalue weighted by atomic mass is 16.2. The third-order valence-electron chi connectivity index (χ3n) is 4.34. The summed E-state index contributed by atoms with van der Waals surface area (Å²) < 4.78 is 1.75. The number of amides is 1. The Balaban J connectivity index is 2.23. The Bertz CT molecular complexity index is 693. The van der Waals surface area contributed by atoms with Crippen molar-refractivity contribution in [1.82, 2.24) is 14.7 Å². The Morgan fingerprint density at radius 1 is 1.29 bits per heavy atom. The summed E-state index contributed by atoms with van der Waals surface area (Å²) in [5.74, 6) is -0.0396. The lowest BCUT2D eigenvalue weighted by Crippen LogP contribution is -2.43. The van der Waals surface area contributed by atoms with E-state index in [9.17, 15) is 9.59 Å². The molecule has 0 aliphatic carbocycles. The van der Waals surface area contributed by atoms with Crippen LogP contribution in [0.5, 0.6) is 0 Å². The van der Waals surface area contributed by atoms with Gasteiger partial charge in [0, 0.05) is 11.9 Å². The van der Waals surface area contributed by atoms with Crippen molar-refractivity contribution in [2.24, 2.45) is 0 Å². The number of aromatic nitrogens is 2. The molecule has 0 N–H and O–H groups in total. The summed E-state index contributed by atoms with van der Waals surface area (Å²) in [5.41, 5.74) is 1.87. The number of para-hydroxylation sites is 1. The highest BCUT2D eigenvalue weighted by molar-refractivity contribution is 5.85. The topological polar surface area (TPSA) is 55.2 Å². The van der Waals surface area contributed by atoms with Gasteiger partial charge in [0.05, 0.1) is 17.3 Å². The Hall–Kier alpha value is -2.17. The number of benzene rings is 1. The van der Waals surface area contributed by atoms with Crippen molar-refractivity contribution in [1.29, 1.82) is 0 Å². The van der Waals surface area contributed by atoms with Crippen molar-refractivity contribution >= 4 is 23.1 Å². The van der Waals surface area contributed by atoms with Crippen LogP contribution in [0, 0.1) is 6.92 Å². The minimum Gasteiger partial charge on any atom is -0.331 e. The number of hydrogen-bond acceptors (Lipinski definition) is 3. The molecule has 5 heteroatoms. The van der Waals surface area contributed by atoms with Crippen LogP contribution in [-0.4, -0.2) is 39.5 Å². The van der Waals surface area contributed by atoms with Gasteiger partial charge >= 0.3 is 0 Å². The number of carbonyl (C=O) groups is 2. The van der Waals surface area contributed by atoms with Gasteiger partial charge in [0.15, 0.2) is 0 Å². The molecule has 1 aromatic heterocycles. The van der Waals surface area contributed by atoms with Crippen LogP contribution < -0.4 is 0 Å². The highest BCUT2D eigenvalue weighted by Crippen LogP contribution is 2.18. The number of rotatable bonds is 9. The molecule has 0 bridgehead atoms. The van der Waals surface area contributed by atoms with Crippen molar-refractivity contribution in [2.75, 3.05) is 6.54 Å². The first-order chi connectivity index (χ1) is 11.6. The molecule has 1 amide bonds. The highest BCUT2D eigenvalue weighted by Gasteiger charge is 2.23. The molecule has 1 heterocycles. The van der Waals surface area contributed by atoms with E-state index >= 15 is 0 Å². The van der Waals surface area contributed by atoms with Crippen molar-refractivity contribution in [3.63, 3.8) is 0 Å². The van der Waals surface area contributed by atoms with E-state index in [0.717, 1.165) is 42.1 Å². The Kier molecular flexibility index (Phi) is 6.53. The molecule has 2 rings (SSSR count). The van der Waals surface area contributed by atoms with Gasteiger partial charge in [0.25, 0.3) is 0 Å².